The van der Waals surface area contributed by atoms with Gasteiger partial charge in [0.2, 0.25) is 0 Å². The SMILES string of the molecule is Cc1cc(C)cc(Oc2ccc(CCC(=O)O)o2)c1. The number of carboxylic acids is 1. The second-order valence-corrected chi connectivity index (χ2v) is 4.54. The summed E-state index contributed by atoms with van der Waals surface area (Å²) in [6.07, 6.45) is 0.419. The first-order valence-electron chi connectivity index (χ1n) is 6.09. The van der Waals surface area contributed by atoms with Gasteiger partial charge in [-0.3, -0.25) is 4.79 Å². The molecule has 4 nitrogen and oxygen atoms in total. The Bertz CT molecular complexity index is 563. The standard InChI is InChI=1S/C15H16O4/c1-10-7-11(2)9-13(8-10)19-15-6-4-12(18-15)3-5-14(16)17/h4,6-9H,3,5H2,1-2H3,(H,16,17). The van der Waals surface area contributed by atoms with Crippen LogP contribution in [0.2, 0.25) is 0 Å². The lowest BCUT2D eigenvalue weighted by Gasteiger charge is -2.04. The van der Waals surface area contributed by atoms with Gasteiger partial charge in [-0.25, -0.2) is 0 Å². The topological polar surface area (TPSA) is 59.7 Å². The number of carbonyl (C=O) groups is 1. The van der Waals surface area contributed by atoms with Crippen LogP contribution < -0.4 is 4.74 Å². The summed E-state index contributed by atoms with van der Waals surface area (Å²) >= 11 is 0. The van der Waals surface area contributed by atoms with Crippen LogP contribution >= 0.6 is 0 Å². The van der Waals surface area contributed by atoms with Crippen molar-refractivity contribution in [2.45, 2.75) is 26.7 Å². The molecule has 1 heterocycles. The van der Waals surface area contributed by atoms with Crippen molar-refractivity contribution in [2.75, 3.05) is 0 Å². The highest BCUT2D eigenvalue weighted by molar-refractivity contribution is 5.66. The number of hydrogen-bond donors (Lipinski definition) is 1. The number of ether oxygens (including phenoxy) is 1. The molecule has 4 heteroatoms. The van der Waals surface area contributed by atoms with E-state index in [0.29, 0.717) is 18.1 Å². The Morgan fingerprint density at radius 2 is 1.89 bits per heavy atom. The third kappa shape index (κ3) is 3.88. The van der Waals surface area contributed by atoms with Crippen LogP contribution in [-0.2, 0) is 11.2 Å². The Hall–Kier alpha value is -2.23. The Labute approximate surface area is 111 Å². The maximum absolute atomic E-state index is 10.5. The van der Waals surface area contributed by atoms with E-state index in [1.807, 2.05) is 26.0 Å². The second kappa shape index (κ2) is 5.61. The van der Waals surface area contributed by atoms with E-state index in [9.17, 15) is 4.79 Å². The quantitative estimate of drug-likeness (QED) is 0.890. The summed E-state index contributed by atoms with van der Waals surface area (Å²) in [5.41, 5.74) is 2.24. The predicted octanol–water partition coefficient (Wildman–Crippen LogP) is 3.71. The average molecular weight is 260 g/mol. The molecule has 1 aromatic heterocycles. The third-order valence-electron chi connectivity index (χ3n) is 2.64. The van der Waals surface area contributed by atoms with Crippen LogP contribution in [0.1, 0.15) is 23.3 Å². The lowest BCUT2D eigenvalue weighted by Crippen LogP contribution is -1.96. The van der Waals surface area contributed by atoms with Crippen LogP contribution in [0.15, 0.2) is 34.7 Å². The summed E-state index contributed by atoms with van der Waals surface area (Å²) < 4.78 is 11.0. The molecule has 0 atom stereocenters. The monoisotopic (exact) mass is 260 g/mol. The van der Waals surface area contributed by atoms with Crippen molar-refractivity contribution >= 4 is 5.97 Å². The van der Waals surface area contributed by atoms with Crippen LogP contribution in [0.4, 0.5) is 0 Å². The maximum Gasteiger partial charge on any atom is 0.303 e. The van der Waals surface area contributed by atoms with E-state index in [-0.39, 0.29) is 6.42 Å². The van der Waals surface area contributed by atoms with E-state index in [1.165, 1.54) is 0 Å². The van der Waals surface area contributed by atoms with Crippen LogP contribution in [-0.4, -0.2) is 11.1 Å². The summed E-state index contributed by atoms with van der Waals surface area (Å²) in [5.74, 6) is 0.872. The zero-order valence-corrected chi connectivity index (χ0v) is 11.0. The fraction of sp³-hybridized carbons (Fsp3) is 0.267. The molecule has 0 unspecified atom stereocenters. The van der Waals surface area contributed by atoms with Gasteiger partial charge in [-0.1, -0.05) is 6.07 Å². The van der Waals surface area contributed by atoms with E-state index in [1.54, 1.807) is 12.1 Å². The van der Waals surface area contributed by atoms with E-state index in [0.717, 1.165) is 16.9 Å². The maximum atomic E-state index is 10.5. The minimum atomic E-state index is -0.840. The van der Waals surface area contributed by atoms with Crippen LogP contribution in [0.25, 0.3) is 0 Å². The Morgan fingerprint density at radius 1 is 1.21 bits per heavy atom. The van der Waals surface area contributed by atoms with Crippen molar-refractivity contribution < 1.29 is 19.1 Å². The van der Waals surface area contributed by atoms with Gasteiger partial charge in [0, 0.05) is 12.5 Å². The number of furan rings is 1. The van der Waals surface area contributed by atoms with E-state index >= 15 is 0 Å². The first-order valence-corrected chi connectivity index (χ1v) is 6.09. The van der Waals surface area contributed by atoms with Gasteiger partial charge >= 0.3 is 5.97 Å². The number of aryl methyl sites for hydroxylation is 3. The molecule has 1 N–H and O–H groups in total. The molecule has 0 amide bonds. The Balaban J connectivity index is 2.05. The molecule has 0 saturated carbocycles. The zero-order chi connectivity index (χ0) is 13.8. The van der Waals surface area contributed by atoms with Gasteiger partial charge in [0.05, 0.1) is 6.42 Å². The number of aliphatic carboxylic acids is 1. The van der Waals surface area contributed by atoms with Gasteiger partial charge in [0.25, 0.3) is 5.95 Å². The van der Waals surface area contributed by atoms with Crippen molar-refractivity contribution in [1.82, 2.24) is 0 Å². The van der Waals surface area contributed by atoms with Crippen molar-refractivity contribution in [3.8, 4) is 11.7 Å². The molecule has 100 valence electrons. The van der Waals surface area contributed by atoms with Gasteiger partial charge in [-0.15, -0.1) is 0 Å². The summed E-state index contributed by atoms with van der Waals surface area (Å²) in [5, 5.41) is 8.60. The highest BCUT2D eigenvalue weighted by atomic mass is 16.6. The summed E-state index contributed by atoms with van der Waals surface area (Å²) in [4.78, 5) is 10.5. The minimum absolute atomic E-state index is 0.0521. The Morgan fingerprint density at radius 3 is 2.53 bits per heavy atom. The van der Waals surface area contributed by atoms with E-state index in [4.69, 9.17) is 14.3 Å². The molecule has 0 fully saturated rings. The molecule has 0 saturated heterocycles. The van der Waals surface area contributed by atoms with E-state index < -0.39 is 5.97 Å². The van der Waals surface area contributed by atoms with Crippen molar-refractivity contribution in [3.63, 3.8) is 0 Å². The van der Waals surface area contributed by atoms with Crippen molar-refractivity contribution in [1.29, 1.82) is 0 Å². The fourth-order valence-electron chi connectivity index (χ4n) is 1.89. The van der Waals surface area contributed by atoms with Crippen molar-refractivity contribution in [2.24, 2.45) is 0 Å². The van der Waals surface area contributed by atoms with Gasteiger partial charge < -0.3 is 14.3 Å². The van der Waals surface area contributed by atoms with Crippen molar-refractivity contribution in [3.05, 3.63) is 47.2 Å². The normalized spacial score (nSPS) is 10.4. The molecule has 0 bridgehead atoms. The van der Waals surface area contributed by atoms with E-state index in [2.05, 4.69) is 6.07 Å². The molecule has 0 aliphatic rings. The molecular weight excluding hydrogens is 244 g/mol. The predicted molar refractivity (Wildman–Crippen MR) is 70.7 cm³/mol. The van der Waals surface area contributed by atoms with Gasteiger partial charge in [-0.2, -0.15) is 0 Å². The highest BCUT2D eigenvalue weighted by Crippen LogP contribution is 2.26. The summed E-state index contributed by atoms with van der Waals surface area (Å²) in [6, 6.07) is 9.35. The minimum Gasteiger partial charge on any atom is -0.481 e. The molecule has 2 rings (SSSR count). The molecule has 0 aliphatic carbocycles. The van der Waals surface area contributed by atoms with Crippen LogP contribution in [0.5, 0.6) is 11.7 Å². The summed E-state index contributed by atoms with van der Waals surface area (Å²) in [7, 11) is 0. The summed E-state index contributed by atoms with van der Waals surface area (Å²) in [6.45, 7) is 4.00. The first kappa shape index (κ1) is 13.2. The molecule has 0 spiro atoms. The molecule has 0 radical (unpaired) electrons. The molecular formula is C15H16O4. The lowest BCUT2D eigenvalue weighted by atomic mass is 10.1. The molecule has 1 aromatic carbocycles. The van der Waals surface area contributed by atoms with Gasteiger partial charge in [0.15, 0.2) is 0 Å². The lowest BCUT2D eigenvalue weighted by molar-refractivity contribution is -0.137. The smallest absolute Gasteiger partial charge is 0.303 e. The molecule has 19 heavy (non-hydrogen) atoms. The fourth-order valence-corrected chi connectivity index (χ4v) is 1.89. The second-order valence-electron chi connectivity index (χ2n) is 4.54. The number of benzene rings is 1. The first-order chi connectivity index (χ1) is 9.02. The Kier molecular flexibility index (Phi) is 3.90. The number of rotatable bonds is 5. The van der Waals surface area contributed by atoms with Crippen LogP contribution in [0, 0.1) is 13.8 Å². The number of hydrogen-bond acceptors (Lipinski definition) is 3. The zero-order valence-electron chi connectivity index (χ0n) is 11.0. The van der Waals surface area contributed by atoms with Gasteiger partial charge in [0.1, 0.15) is 11.5 Å². The third-order valence-corrected chi connectivity index (χ3v) is 2.64. The number of carboxylic acid groups (broad SMARTS) is 1. The molecule has 2 aromatic rings. The van der Waals surface area contributed by atoms with Crippen LogP contribution in [0.3, 0.4) is 0 Å². The average Bonchev–Trinajstić information content (AvgIpc) is 2.72. The largest absolute Gasteiger partial charge is 0.481 e. The van der Waals surface area contributed by atoms with Gasteiger partial charge in [-0.05, 0) is 43.2 Å². The molecule has 0 aliphatic heterocycles. The highest BCUT2D eigenvalue weighted by Gasteiger charge is 2.07.